The second-order valence-corrected chi connectivity index (χ2v) is 9.18. The Morgan fingerprint density at radius 1 is 1.25 bits per heavy atom. The lowest BCUT2D eigenvalue weighted by molar-refractivity contribution is -0.134. The third kappa shape index (κ3) is 6.56. The zero-order chi connectivity index (χ0) is 18.6. The average molecular weight is 385 g/mol. The first-order valence-corrected chi connectivity index (χ1v) is 9.14. The molecule has 0 fully saturated rings. The van der Waals surface area contributed by atoms with Crippen LogP contribution in [-0.2, 0) is 10.2 Å². The topological polar surface area (TPSA) is 75.1 Å². The molecule has 24 heavy (non-hydrogen) atoms. The van der Waals surface area contributed by atoms with Gasteiger partial charge in [-0.2, -0.15) is 13.2 Å². The van der Waals surface area contributed by atoms with Crippen molar-refractivity contribution in [1.29, 1.82) is 0 Å². The maximum absolute atomic E-state index is 12.3. The predicted molar refractivity (Wildman–Crippen MR) is 90.5 cm³/mol. The summed E-state index contributed by atoms with van der Waals surface area (Å²) in [5.41, 5.74) is -0.553. The van der Waals surface area contributed by atoms with Gasteiger partial charge in [0.2, 0.25) is 11.0 Å². The second kappa shape index (κ2) is 8.01. The largest absolute Gasteiger partial charge is 0.395 e. The van der Waals surface area contributed by atoms with Crippen LogP contribution in [0.25, 0.3) is 0 Å². The highest BCUT2D eigenvalue weighted by molar-refractivity contribution is 8.01. The summed E-state index contributed by atoms with van der Waals surface area (Å²) in [6.45, 7) is 6.82. The predicted octanol–water partition coefficient (Wildman–Crippen LogP) is 3.60. The van der Waals surface area contributed by atoms with Gasteiger partial charge in [-0.25, -0.2) is 0 Å². The van der Waals surface area contributed by atoms with E-state index in [2.05, 4.69) is 15.5 Å². The van der Waals surface area contributed by atoms with E-state index in [1.807, 2.05) is 0 Å². The number of aliphatic hydroxyl groups excluding tert-OH is 1. The van der Waals surface area contributed by atoms with Crippen molar-refractivity contribution in [2.45, 2.75) is 56.9 Å². The van der Waals surface area contributed by atoms with Gasteiger partial charge < -0.3 is 5.11 Å². The number of halogens is 3. The molecule has 1 heterocycles. The quantitative estimate of drug-likeness (QED) is 0.669. The van der Waals surface area contributed by atoms with Gasteiger partial charge >= 0.3 is 6.18 Å². The van der Waals surface area contributed by atoms with E-state index in [1.54, 1.807) is 27.7 Å². The van der Waals surface area contributed by atoms with Gasteiger partial charge in [0.25, 0.3) is 0 Å². The Morgan fingerprint density at radius 3 is 2.42 bits per heavy atom. The van der Waals surface area contributed by atoms with Crippen LogP contribution in [0.3, 0.4) is 0 Å². The fraction of sp³-hybridized carbons (Fsp3) is 0.786. The van der Waals surface area contributed by atoms with Crippen molar-refractivity contribution in [2.24, 2.45) is 0 Å². The fourth-order valence-electron chi connectivity index (χ4n) is 1.53. The number of nitrogens with zero attached hydrogens (tertiary/aromatic N) is 2. The number of carbonyl (C=O) groups is 1. The minimum atomic E-state index is -4.17. The first-order valence-electron chi connectivity index (χ1n) is 7.34. The van der Waals surface area contributed by atoms with Crippen LogP contribution in [-0.4, -0.2) is 44.5 Å². The van der Waals surface area contributed by atoms with Gasteiger partial charge in [-0.05, 0) is 26.0 Å². The minimum Gasteiger partial charge on any atom is -0.395 e. The van der Waals surface area contributed by atoms with E-state index in [0.717, 1.165) is 0 Å². The van der Waals surface area contributed by atoms with Crippen molar-refractivity contribution in [3.05, 3.63) is 5.01 Å². The molecule has 0 radical (unpaired) electrons. The average Bonchev–Trinajstić information content (AvgIpc) is 2.92. The van der Waals surface area contributed by atoms with Crippen molar-refractivity contribution in [1.82, 2.24) is 10.2 Å². The van der Waals surface area contributed by atoms with Crippen molar-refractivity contribution < 1.29 is 23.1 Å². The Balaban J connectivity index is 2.57. The maximum Gasteiger partial charge on any atom is 0.389 e. The van der Waals surface area contributed by atoms with Crippen molar-refractivity contribution in [2.75, 3.05) is 17.7 Å². The normalized spacial score (nSPS) is 13.2. The van der Waals surface area contributed by atoms with Crippen LogP contribution >= 0.6 is 23.1 Å². The Hall–Kier alpha value is -0.870. The standard InChI is InChI=1S/C14H22F3N3O2S2/c1-12(2,8-21)10-19-20-11(24-10)18-9(22)13(3,4)23-7-5-6-14(15,16)17/h21H,5-8H2,1-4H3,(H,18,20,22). The molecule has 0 aliphatic rings. The monoisotopic (exact) mass is 385 g/mol. The van der Waals surface area contributed by atoms with E-state index < -0.39 is 22.8 Å². The van der Waals surface area contributed by atoms with Crippen LogP contribution in [0.1, 0.15) is 45.5 Å². The van der Waals surface area contributed by atoms with Gasteiger partial charge in [0, 0.05) is 11.8 Å². The smallest absolute Gasteiger partial charge is 0.389 e. The van der Waals surface area contributed by atoms with Crippen LogP contribution in [0.15, 0.2) is 0 Å². The first-order chi connectivity index (χ1) is 10.9. The molecule has 0 spiro atoms. The van der Waals surface area contributed by atoms with E-state index in [1.165, 1.54) is 23.1 Å². The summed E-state index contributed by atoms with van der Waals surface area (Å²) in [5, 5.41) is 20.7. The molecule has 0 aliphatic heterocycles. The molecule has 10 heteroatoms. The van der Waals surface area contributed by atoms with Crippen molar-refractivity contribution in [3.8, 4) is 0 Å². The molecule has 138 valence electrons. The van der Waals surface area contributed by atoms with E-state index >= 15 is 0 Å². The molecule has 0 atom stereocenters. The SMILES string of the molecule is CC(C)(SCCCC(F)(F)F)C(=O)Nc1nnc(C(C)(C)CO)s1. The van der Waals surface area contributed by atoms with Gasteiger partial charge in [-0.1, -0.05) is 25.2 Å². The zero-order valence-corrected chi connectivity index (χ0v) is 15.7. The zero-order valence-electron chi connectivity index (χ0n) is 14.0. The Morgan fingerprint density at radius 2 is 1.88 bits per heavy atom. The van der Waals surface area contributed by atoms with Crippen LogP contribution < -0.4 is 5.32 Å². The number of hydrogen-bond donors (Lipinski definition) is 2. The summed E-state index contributed by atoms with van der Waals surface area (Å²) >= 11 is 2.34. The lowest BCUT2D eigenvalue weighted by atomic mass is 9.96. The fourth-order valence-corrected chi connectivity index (χ4v) is 3.34. The number of alkyl halides is 3. The molecule has 0 aliphatic carbocycles. The molecule has 1 rings (SSSR count). The highest BCUT2D eigenvalue weighted by atomic mass is 32.2. The summed E-state index contributed by atoms with van der Waals surface area (Å²) in [5.74, 6) is -0.109. The summed E-state index contributed by atoms with van der Waals surface area (Å²) in [7, 11) is 0. The van der Waals surface area contributed by atoms with Crippen molar-refractivity contribution in [3.63, 3.8) is 0 Å². The molecule has 0 aromatic carbocycles. The number of rotatable bonds is 8. The lowest BCUT2D eigenvalue weighted by Gasteiger charge is -2.22. The molecule has 1 amide bonds. The van der Waals surface area contributed by atoms with Crippen LogP contribution in [0.2, 0.25) is 0 Å². The van der Waals surface area contributed by atoms with E-state index in [0.29, 0.717) is 10.1 Å². The first kappa shape index (κ1) is 21.2. The van der Waals surface area contributed by atoms with Crippen LogP contribution in [0.4, 0.5) is 18.3 Å². The Kier molecular flexibility index (Phi) is 7.06. The lowest BCUT2D eigenvalue weighted by Crippen LogP contribution is -2.34. The van der Waals surface area contributed by atoms with E-state index in [-0.39, 0.29) is 24.7 Å². The van der Waals surface area contributed by atoms with Gasteiger partial charge in [-0.3, -0.25) is 10.1 Å². The molecule has 0 bridgehead atoms. The van der Waals surface area contributed by atoms with Gasteiger partial charge in [0.1, 0.15) is 5.01 Å². The second-order valence-electron chi connectivity index (χ2n) is 6.49. The molecule has 0 unspecified atom stereocenters. The molecule has 0 saturated carbocycles. The number of hydrogen-bond acceptors (Lipinski definition) is 6. The summed E-state index contributed by atoms with van der Waals surface area (Å²) in [4.78, 5) is 12.3. The number of nitrogens with one attached hydrogen (secondary N) is 1. The molecule has 2 N–H and O–H groups in total. The molecule has 0 saturated heterocycles. The maximum atomic E-state index is 12.3. The third-order valence-electron chi connectivity index (χ3n) is 3.23. The van der Waals surface area contributed by atoms with E-state index in [9.17, 15) is 23.1 Å². The van der Waals surface area contributed by atoms with Gasteiger partial charge in [0.15, 0.2) is 0 Å². The van der Waals surface area contributed by atoms with Crippen LogP contribution in [0, 0.1) is 0 Å². The number of thioether (sulfide) groups is 1. The highest BCUT2D eigenvalue weighted by Gasteiger charge is 2.31. The molecular weight excluding hydrogens is 363 g/mol. The minimum absolute atomic E-state index is 0.0292. The third-order valence-corrected chi connectivity index (χ3v) is 5.84. The number of carbonyl (C=O) groups excluding carboxylic acids is 1. The number of anilines is 1. The van der Waals surface area contributed by atoms with Gasteiger partial charge in [0.05, 0.1) is 11.4 Å². The summed E-state index contributed by atoms with van der Waals surface area (Å²) < 4.78 is 35.5. The molecule has 1 aromatic rings. The number of amides is 1. The molecule has 1 aromatic heterocycles. The van der Waals surface area contributed by atoms with Crippen LogP contribution in [0.5, 0.6) is 0 Å². The van der Waals surface area contributed by atoms with E-state index in [4.69, 9.17) is 0 Å². The van der Waals surface area contributed by atoms with Gasteiger partial charge in [-0.15, -0.1) is 22.0 Å². The summed E-state index contributed by atoms with van der Waals surface area (Å²) in [6.07, 6.45) is -5.05. The summed E-state index contributed by atoms with van der Waals surface area (Å²) in [6, 6.07) is 0. The highest BCUT2D eigenvalue weighted by Crippen LogP contribution is 2.31. The number of aromatic nitrogens is 2. The molecule has 5 nitrogen and oxygen atoms in total. The Bertz CT molecular complexity index is 560. The molecular formula is C14H22F3N3O2S2. The van der Waals surface area contributed by atoms with Crippen molar-refractivity contribution >= 4 is 34.1 Å². The Labute approximate surface area is 147 Å². The number of aliphatic hydroxyl groups is 1.